The van der Waals surface area contributed by atoms with E-state index in [4.69, 9.17) is 0 Å². The zero-order chi connectivity index (χ0) is 31.1. The molecule has 2 saturated heterocycles. The lowest BCUT2D eigenvalue weighted by molar-refractivity contribution is -0.126. The van der Waals surface area contributed by atoms with E-state index in [0.717, 1.165) is 25.0 Å². The fourth-order valence-electron chi connectivity index (χ4n) is 5.70. The third kappa shape index (κ3) is 5.18. The van der Waals surface area contributed by atoms with E-state index >= 15 is 4.39 Å². The fraction of sp³-hybridized carbons (Fsp3) is 0.310. The minimum Gasteiger partial charge on any atom is -0.359 e. The number of ketones is 1. The van der Waals surface area contributed by atoms with Gasteiger partial charge in [0.25, 0.3) is 17.6 Å². The van der Waals surface area contributed by atoms with Gasteiger partial charge in [-0.05, 0) is 35.7 Å². The Morgan fingerprint density at radius 2 is 1.67 bits per heavy atom. The van der Waals surface area contributed by atoms with Crippen LogP contribution in [0.2, 0.25) is 0 Å². The summed E-state index contributed by atoms with van der Waals surface area (Å²) in [6.45, 7) is 4.04. The molecule has 6 heterocycles. The molecule has 2 N–H and O–H groups in total. The predicted octanol–water partition coefficient (Wildman–Crippen LogP) is 0.987. The number of halogens is 1. The van der Waals surface area contributed by atoms with Crippen LogP contribution in [0.5, 0.6) is 0 Å². The second-order valence-electron chi connectivity index (χ2n) is 11.0. The molecule has 0 bridgehead atoms. The van der Waals surface area contributed by atoms with Crippen LogP contribution in [-0.4, -0.2) is 132 Å². The molecule has 5 aromatic rings. The van der Waals surface area contributed by atoms with Gasteiger partial charge in [-0.1, -0.05) is 23.3 Å². The van der Waals surface area contributed by atoms with Gasteiger partial charge in [0, 0.05) is 58.6 Å². The van der Waals surface area contributed by atoms with Crippen molar-refractivity contribution >= 4 is 34.4 Å². The number of aromatic amines is 2. The predicted molar refractivity (Wildman–Crippen MR) is 159 cm³/mol. The summed E-state index contributed by atoms with van der Waals surface area (Å²) in [4.78, 5) is 54.1. The van der Waals surface area contributed by atoms with Gasteiger partial charge in [0.2, 0.25) is 5.95 Å². The first kappa shape index (κ1) is 28.3. The van der Waals surface area contributed by atoms with E-state index in [1.165, 1.54) is 11.1 Å². The number of H-pyrrole nitrogens is 2. The van der Waals surface area contributed by atoms with E-state index in [-0.39, 0.29) is 46.9 Å². The van der Waals surface area contributed by atoms with Crippen molar-refractivity contribution in [2.45, 2.75) is 0 Å². The number of nitrogens with one attached hydrogen (secondary N) is 2. The standard InChI is InChI=1S/C29H29FN12O3/c1-38-7-9-39(10-8-38)27(44)22-15-21(33-34-22)24-25-23(20(30)17-32-24)19(16-31-25)26(43)28(45)40-11-13-41(14-12-40)29-35-36-37-42(29)18-5-3-2-4-6-18/h2-6,15-17,31H,7-14H2,1H3,(H,33,34). The van der Waals surface area contributed by atoms with Gasteiger partial charge in [0.05, 0.1) is 28.4 Å². The molecule has 2 amide bonds. The number of rotatable bonds is 6. The van der Waals surface area contributed by atoms with E-state index in [1.807, 2.05) is 42.3 Å². The SMILES string of the molecule is CN1CCN(C(=O)c2cc(-c3ncc(F)c4c(C(=O)C(=O)N5CCN(c6nnnn6-c6ccccc6)CC5)c[nH]c34)n[nH]2)CC1. The minimum atomic E-state index is -0.840. The number of amides is 2. The number of fused-ring (bicyclic) bond motifs is 1. The molecule has 230 valence electrons. The lowest BCUT2D eigenvalue weighted by Gasteiger charge is -2.34. The van der Waals surface area contributed by atoms with Crippen LogP contribution in [0.3, 0.4) is 0 Å². The first-order chi connectivity index (χ1) is 21.9. The molecule has 7 rings (SSSR count). The van der Waals surface area contributed by atoms with Crippen LogP contribution >= 0.6 is 0 Å². The Hall–Kier alpha value is -5.51. The Labute approximate surface area is 255 Å². The van der Waals surface area contributed by atoms with Gasteiger partial charge in [-0.15, -0.1) is 0 Å². The molecule has 0 radical (unpaired) electrons. The number of carbonyl (C=O) groups excluding carboxylic acids is 3. The molecule has 0 atom stereocenters. The summed E-state index contributed by atoms with van der Waals surface area (Å²) in [5, 5.41) is 19.0. The highest BCUT2D eigenvalue weighted by molar-refractivity contribution is 6.45. The normalized spacial score (nSPS) is 16.0. The summed E-state index contributed by atoms with van der Waals surface area (Å²) in [6, 6.07) is 11.0. The van der Waals surface area contributed by atoms with Gasteiger partial charge in [0.1, 0.15) is 17.1 Å². The first-order valence-corrected chi connectivity index (χ1v) is 14.5. The fourth-order valence-corrected chi connectivity index (χ4v) is 5.70. The molecule has 2 fully saturated rings. The number of nitrogens with zero attached hydrogens (tertiary/aromatic N) is 10. The third-order valence-corrected chi connectivity index (χ3v) is 8.25. The van der Waals surface area contributed by atoms with Crippen molar-refractivity contribution in [1.82, 2.24) is 55.1 Å². The van der Waals surface area contributed by atoms with Crippen LogP contribution in [0.15, 0.2) is 48.8 Å². The molecule has 45 heavy (non-hydrogen) atoms. The summed E-state index contributed by atoms with van der Waals surface area (Å²) < 4.78 is 16.8. The monoisotopic (exact) mass is 612 g/mol. The van der Waals surface area contributed by atoms with Crippen LogP contribution in [0.1, 0.15) is 20.8 Å². The van der Waals surface area contributed by atoms with Gasteiger partial charge < -0.3 is 24.6 Å². The molecule has 15 nitrogen and oxygen atoms in total. The smallest absolute Gasteiger partial charge is 0.295 e. The Morgan fingerprint density at radius 3 is 2.42 bits per heavy atom. The average Bonchev–Trinajstić information content (AvgIpc) is 3.86. The van der Waals surface area contributed by atoms with Crippen LogP contribution < -0.4 is 4.90 Å². The minimum absolute atomic E-state index is 0.0611. The number of aromatic nitrogens is 8. The van der Waals surface area contributed by atoms with Crippen molar-refractivity contribution in [3.8, 4) is 17.1 Å². The third-order valence-electron chi connectivity index (χ3n) is 8.25. The lowest BCUT2D eigenvalue weighted by Crippen LogP contribution is -2.51. The van der Waals surface area contributed by atoms with E-state index in [9.17, 15) is 14.4 Å². The summed E-state index contributed by atoms with van der Waals surface area (Å²) in [5.41, 5.74) is 1.73. The Balaban J connectivity index is 1.07. The second-order valence-corrected chi connectivity index (χ2v) is 11.0. The molecule has 1 aromatic carbocycles. The summed E-state index contributed by atoms with van der Waals surface area (Å²) in [7, 11) is 2.00. The highest BCUT2D eigenvalue weighted by Crippen LogP contribution is 2.30. The van der Waals surface area contributed by atoms with Crippen molar-refractivity contribution < 1.29 is 18.8 Å². The number of piperazine rings is 2. The average molecular weight is 613 g/mol. The van der Waals surface area contributed by atoms with E-state index in [1.54, 1.807) is 15.6 Å². The molecule has 0 spiro atoms. The number of benzene rings is 1. The highest BCUT2D eigenvalue weighted by Gasteiger charge is 2.32. The van der Waals surface area contributed by atoms with Crippen molar-refractivity contribution in [1.29, 1.82) is 0 Å². The zero-order valence-electron chi connectivity index (χ0n) is 24.4. The van der Waals surface area contributed by atoms with Gasteiger partial charge in [0.15, 0.2) is 5.82 Å². The van der Waals surface area contributed by atoms with Crippen LogP contribution in [0.25, 0.3) is 28.0 Å². The molecule has 0 saturated carbocycles. The molecule has 0 unspecified atom stereocenters. The molecule has 2 aliphatic rings. The molecular formula is C29H29FN12O3. The van der Waals surface area contributed by atoms with Gasteiger partial charge >= 0.3 is 0 Å². The molecular weight excluding hydrogens is 583 g/mol. The summed E-state index contributed by atoms with van der Waals surface area (Å²) in [5.74, 6) is -1.99. The number of Topliss-reactive ketones (excluding diaryl/α,β-unsaturated/α-hetero) is 1. The number of pyridine rings is 1. The maximum Gasteiger partial charge on any atom is 0.295 e. The van der Waals surface area contributed by atoms with Crippen molar-refractivity contribution in [3.63, 3.8) is 0 Å². The Morgan fingerprint density at radius 1 is 0.933 bits per heavy atom. The molecule has 16 heteroatoms. The Kier molecular flexibility index (Phi) is 7.25. The number of para-hydroxylation sites is 1. The largest absolute Gasteiger partial charge is 0.359 e. The van der Waals surface area contributed by atoms with Gasteiger partial charge in [-0.25, -0.2) is 9.37 Å². The topological polar surface area (TPSA) is 165 Å². The molecule has 2 aliphatic heterocycles. The van der Waals surface area contributed by atoms with Gasteiger partial charge in [-0.3, -0.25) is 19.5 Å². The van der Waals surface area contributed by atoms with E-state index in [2.05, 4.69) is 40.6 Å². The maximum atomic E-state index is 15.2. The van der Waals surface area contributed by atoms with E-state index < -0.39 is 17.5 Å². The number of anilines is 1. The number of carbonyl (C=O) groups is 3. The van der Waals surface area contributed by atoms with Crippen LogP contribution in [0.4, 0.5) is 10.3 Å². The zero-order valence-corrected chi connectivity index (χ0v) is 24.4. The number of hydrogen-bond acceptors (Lipinski definition) is 10. The van der Waals surface area contributed by atoms with Crippen molar-refractivity contribution in [3.05, 3.63) is 65.9 Å². The summed E-state index contributed by atoms with van der Waals surface area (Å²) >= 11 is 0. The maximum absolute atomic E-state index is 15.2. The summed E-state index contributed by atoms with van der Waals surface area (Å²) in [6.07, 6.45) is 2.30. The van der Waals surface area contributed by atoms with Crippen molar-refractivity contribution in [2.24, 2.45) is 0 Å². The Bertz CT molecular complexity index is 1880. The number of hydrogen-bond donors (Lipinski definition) is 2. The van der Waals surface area contributed by atoms with Gasteiger partial charge in [-0.2, -0.15) is 9.78 Å². The highest BCUT2D eigenvalue weighted by atomic mass is 19.1. The van der Waals surface area contributed by atoms with Crippen LogP contribution in [0, 0.1) is 5.82 Å². The second kappa shape index (κ2) is 11.5. The van der Waals surface area contributed by atoms with Crippen molar-refractivity contribution in [2.75, 3.05) is 64.3 Å². The number of tetrazole rings is 1. The molecule has 0 aliphatic carbocycles. The lowest BCUT2D eigenvalue weighted by atomic mass is 10.1. The van der Waals surface area contributed by atoms with Crippen LogP contribution in [-0.2, 0) is 4.79 Å². The number of likely N-dealkylation sites (N-methyl/N-ethyl adjacent to an activating group) is 1. The molecule has 4 aromatic heterocycles. The quantitative estimate of drug-likeness (QED) is 0.209. The van der Waals surface area contributed by atoms with E-state index in [0.29, 0.717) is 37.8 Å². The first-order valence-electron chi connectivity index (χ1n) is 14.5.